The number of carbonyl (C=O) groups excluding carboxylic acids is 1. The molecule has 0 fully saturated rings. The Balaban J connectivity index is 1.91. The van der Waals surface area contributed by atoms with Gasteiger partial charge >= 0.3 is 6.18 Å². The molecule has 1 aromatic carbocycles. The number of ether oxygens (including phenoxy) is 1. The summed E-state index contributed by atoms with van der Waals surface area (Å²) in [7, 11) is 2.44. The normalized spacial score (nSPS) is 11.5. The molecule has 164 valence electrons. The minimum Gasteiger partial charge on any atom is -0.493 e. The number of benzene rings is 1. The molecule has 0 aliphatic heterocycles. The lowest BCUT2D eigenvalue weighted by atomic mass is 10.1. The number of alkyl halides is 3. The van der Waals surface area contributed by atoms with Crippen molar-refractivity contribution in [3.63, 3.8) is 0 Å². The minimum absolute atomic E-state index is 0.0478. The van der Waals surface area contributed by atoms with E-state index in [9.17, 15) is 26.7 Å². The van der Waals surface area contributed by atoms with E-state index in [1.54, 1.807) is 0 Å². The number of nitrogens with one attached hydrogen (secondary N) is 1. The molecule has 2 aromatic heterocycles. The van der Waals surface area contributed by atoms with Crippen molar-refractivity contribution in [2.24, 2.45) is 7.05 Å². The summed E-state index contributed by atoms with van der Waals surface area (Å²) in [5, 5.41) is 5.67. The van der Waals surface area contributed by atoms with Gasteiger partial charge in [-0.1, -0.05) is 0 Å². The zero-order chi connectivity index (χ0) is 23.1. The lowest BCUT2D eigenvalue weighted by molar-refractivity contribution is -0.141. The summed E-state index contributed by atoms with van der Waals surface area (Å²) in [6.07, 6.45) is -4.64. The van der Waals surface area contributed by atoms with Crippen molar-refractivity contribution < 1.29 is 31.5 Å². The Morgan fingerprint density at radius 1 is 1.23 bits per heavy atom. The second kappa shape index (κ2) is 7.85. The Bertz CT molecular complexity index is 1170. The number of carbonyl (C=O) groups is 1. The molecule has 31 heavy (non-hydrogen) atoms. The number of pyridine rings is 1. The van der Waals surface area contributed by atoms with Gasteiger partial charge in [0.25, 0.3) is 5.91 Å². The molecule has 0 unspecified atom stereocenters. The monoisotopic (exact) mass is 441 g/mol. The number of anilines is 2. The van der Waals surface area contributed by atoms with Crippen LogP contribution >= 0.6 is 0 Å². The van der Waals surface area contributed by atoms with Crippen LogP contribution in [0.3, 0.4) is 0 Å². The number of nitrogens with zero attached hydrogens (tertiary/aromatic N) is 3. The van der Waals surface area contributed by atoms with E-state index in [0.717, 1.165) is 17.9 Å². The SMILES string of the molecule is COc1c(C)c(F)cc(C(=O)Nc2ccc(-c3cc(C(F)(F)F)nn3C)c(N)n2)c1F. The molecule has 3 N–H and O–H groups in total. The fourth-order valence-corrected chi connectivity index (χ4v) is 2.90. The second-order valence-electron chi connectivity index (χ2n) is 6.50. The van der Waals surface area contributed by atoms with Gasteiger partial charge < -0.3 is 15.8 Å². The fourth-order valence-electron chi connectivity index (χ4n) is 2.90. The highest BCUT2D eigenvalue weighted by Crippen LogP contribution is 2.33. The molecule has 0 aliphatic rings. The summed E-state index contributed by atoms with van der Waals surface area (Å²) < 4.78 is 72.9. The number of hydrogen-bond acceptors (Lipinski definition) is 5. The van der Waals surface area contributed by atoms with Gasteiger partial charge in [-0.05, 0) is 31.2 Å². The predicted octanol–water partition coefficient (Wildman–Crippen LogP) is 3.93. The lowest BCUT2D eigenvalue weighted by Gasteiger charge is -2.12. The highest BCUT2D eigenvalue weighted by molar-refractivity contribution is 6.04. The zero-order valence-electron chi connectivity index (χ0n) is 16.4. The van der Waals surface area contributed by atoms with E-state index in [1.807, 2.05) is 0 Å². The van der Waals surface area contributed by atoms with Crippen molar-refractivity contribution in [1.82, 2.24) is 14.8 Å². The predicted molar refractivity (Wildman–Crippen MR) is 101 cm³/mol. The summed E-state index contributed by atoms with van der Waals surface area (Å²) in [6.45, 7) is 1.29. The quantitative estimate of drug-likeness (QED) is 0.599. The summed E-state index contributed by atoms with van der Waals surface area (Å²) in [6, 6.07) is 4.10. The van der Waals surface area contributed by atoms with E-state index in [-0.39, 0.29) is 28.5 Å². The number of nitrogen functional groups attached to an aromatic ring is 1. The Morgan fingerprint density at radius 2 is 1.90 bits per heavy atom. The highest BCUT2D eigenvalue weighted by Gasteiger charge is 2.35. The fraction of sp³-hybridized carbons (Fsp3) is 0.211. The summed E-state index contributed by atoms with van der Waals surface area (Å²) in [4.78, 5) is 16.3. The third kappa shape index (κ3) is 4.13. The molecule has 3 aromatic rings. The Hall–Kier alpha value is -3.70. The van der Waals surface area contributed by atoms with Gasteiger partial charge in [-0.15, -0.1) is 0 Å². The number of amides is 1. The van der Waals surface area contributed by atoms with Gasteiger partial charge in [0.2, 0.25) is 0 Å². The van der Waals surface area contributed by atoms with E-state index >= 15 is 0 Å². The van der Waals surface area contributed by atoms with Crippen LogP contribution in [0.15, 0.2) is 24.3 Å². The smallest absolute Gasteiger partial charge is 0.435 e. The van der Waals surface area contributed by atoms with Crippen molar-refractivity contribution in [1.29, 1.82) is 0 Å². The van der Waals surface area contributed by atoms with Crippen LogP contribution in [-0.4, -0.2) is 27.8 Å². The first-order valence-corrected chi connectivity index (χ1v) is 8.66. The molecule has 0 saturated heterocycles. The van der Waals surface area contributed by atoms with Gasteiger partial charge in [0, 0.05) is 18.2 Å². The molecular weight excluding hydrogens is 425 g/mol. The number of rotatable bonds is 4. The zero-order valence-corrected chi connectivity index (χ0v) is 16.4. The molecule has 0 radical (unpaired) electrons. The molecular formula is C19H16F5N5O2. The van der Waals surface area contributed by atoms with Gasteiger partial charge in [-0.3, -0.25) is 9.48 Å². The van der Waals surface area contributed by atoms with Crippen molar-refractivity contribution in [3.05, 3.63) is 52.7 Å². The van der Waals surface area contributed by atoms with E-state index in [2.05, 4.69) is 15.4 Å². The van der Waals surface area contributed by atoms with Crippen LogP contribution in [-0.2, 0) is 13.2 Å². The second-order valence-corrected chi connectivity index (χ2v) is 6.50. The Morgan fingerprint density at radius 3 is 2.45 bits per heavy atom. The summed E-state index contributed by atoms with van der Waals surface area (Å²) in [5.74, 6) is -3.66. The standard InChI is InChI=1S/C19H16F5N5O2/c1-8-11(20)6-10(15(21)16(8)31-3)18(30)27-14-5-4-9(17(25)26-14)12-7-13(19(22,23)24)28-29(12)2/h4-7H,1-3H3,(H3,25,26,27,30). The first kappa shape index (κ1) is 22.0. The van der Waals surface area contributed by atoms with Crippen LogP contribution < -0.4 is 15.8 Å². The number of halogens is 5. The van der Waals surface area contributed by atoms with Crippen LogP contribution in [0, 0.1) is 18.6 Å². The number of methoxy groups -OCH3 is 1. The summed E-state index contributed by atoms with van der Waals surface area (Å²) >= 11 is 0. The third-order valence-corrected chi connectivity index (χ3v) is 4.47. The minimum atomic E-state index is -4.64. The third-order valence-electron chi connectivity index (χ3n) is 4.47. The molecule has 1 amide bonds. The largest absolute Gasteiger partial charge is 0.493 e. The molecule has 3 rings (SSSR count). The first-order chi connectivity index (χ1) is 14.4. The van der Waals surface area contributed by atoms with Crippen molar-refractivity contribution in [2.45, 2.75) is 13.1 Å². The molecule has 0 atom stereocenters. The van der Waals surface area contributed by atoms with Gasteiger partial charge in [0.1, 0.15) is 17.5 Å². The number of aryl methyl sites for hydroxylation is 1. The maximum Gasteiger partial charge on any atom is 0.435 e. The van der Waals surface area contributed by atoms with Crippen LogP contribution in [0.2, 0.25) is 0 Å². The highest BCUT2D eigenvalue weighted by atomic mass is 19.4. The molecule has 7 nitrogen and oxygen atoms in total. The average molecular weight is 441 g/mol. The maximum atomic E-state index is 14.5. The van der Waals surface area contributed by atoms with Gasteiger partial charge in [0.05, 0.1) is 18.4 Å². The summed E-state index contributed by atoms with van der Waals surface area (Å²) in [5.41, 5.74) is 4.20. The van der Waals surface area contributed by atoms with E-state index in [0.29, 0.717) is 6.07 Å². The first-order valence-electron chi connectivity index (χ1n) is 8.66. The van der Waals surface area contributed by atoms with Crippen molar-refractivity contribution in [3.8, 4) is 17.0 Å². The van der Waals surface area contributed by atoms with Gasteiger partial charge in [-0.2, -0.15) is 18.3 Å². The number of nitrogens with two attached hydrogens (primary N) is 1. The van der Waals surface area contributed by atoms with E-state index in [4.69, 9.17) is 10.5 Å². The maximum absolute atomic E-state index is 14.5. The molecule has 0 bridgehead atoms. The molecule has 2 heterocycles. The topological polar surface area (TPSA) is 95.1 Å². The molecule has 0 saturated carbocycles. The Kier molecular flexibility index (Phi) is 5.57. The lowest BCUT2D eigenvalue weighted by Crippen LogP contribution is -2.16. The molecule has 0 aliphatic carbocycles. The molecule has 0 spiro atoms. The average Bonchev–Trinajstić information content (AvgIpc) is 3.07. The number of hydrogen-bond donors (Lipinski definition) is 2. The Labute approximate surface area is 172 Å². The van der Waals surface area contributed by atoms with Crippen LogP contribution in [0.5, 0.6) is 5.75 Å². The van der Waals surface area contributed by atoms with Gasteiger partial charge in [-0.25, -0.2) is 13.8 Å². The van der Waals surface area contributed by atoms with Crippen LogP contribution in [0.25, 0.3) is 11.3 Å². The van der Waals surface area contributed by atoms with E-state index in [1.165, 1.54) is 26.1 Å². The van der Waals surface area contributed by atoms with Gasteiger partial charge in [0.15, 0.2) is 17.3 Å². The van der Waals surface area contributed by atoms with Crippen molar-refractivity contribution in [2.75, 3.05) is 18.2 Å². The van der Waals surface area contributed by atoms with Crippen LogP contribution in [0.4, 0.5) is 33.6 Å². The van der Waals surface area contributed by atoms with E-state index < -0.39 is 40.7 Å². The molecule has 12 heteroatoms. The number of aromatic nitrogens is 3. The van der Waals surface area contributed by atoms with Crippen molar-refractivity contribution >= 4 is 17.5 Å². The van der Waals surface area contributed by atoms with Crippen LogP contribution in [0.1, 0.15) is 21.6 Å².